The van der Waals surface area contributed by atoms with Crippen molar-refractivity contribution in [2.24, 2.45) is 0 Å². The van der Waals surface area contributed by atoms with E-state index in [1.165, 1.54) is 12.1 Å². The van der Waals surface area contributed by atoms with Gasteiger partial charge in [-0.15, -0.1) is 0 Å². The Balaban J connectivity index is 1.58. The maximum absolute atomic E-state index is 12.0. The average Bonchev–Trinajstić information content (AvgIpc) is 3.07. The van der Waals surface area contributed by atoms with Gasteiger partial charge in [-0.2, -0.15) is 0 Å². The number of nitro benzene ring substituents is 1. The van der Waals surface area contributed by atoms with Crippen molar-refractivity contribution in [3.63, 3.8) is 0 Å². The van der Waals surface area contributed by atoms with E-state index in [2.05, 4.69) is 5.32 Å². The molecule has 2 aromatic carbocycles. The minimum atomic E-state index is -0.927. The van der Waals surface area contributed by atoms with Crippen molar-refractivity contribution in [1.29, 1.82) is 0 Å². The van der Waals surface area contributed by atoms with Crippen LogP contribution in [-0.4, -0.2) is 29.3 Å². The number of ether oxygens (including phenoxy) is 2. The average molecular weight is 344 g/mol. The zero-order valence-corrected chi connectivity index (χ0v) is 13.2. The van der Waals surface area contributed by atoms with Crippen molar-refractivity contribution in [1.82, 2.24) is 5.32 Å². The number of nitrogens with zero attached hydrogens (tertiary/aromatic N) is 1. The maximum Gasteiger partial charge on any atom is 0.273 e. The van der Waals surface area contributed by atoms with Gasteiger partial charge in [-0.1, -0.05) is 24.3 Å². The Kier molecular flexibility index (Phi) is 4.80. The fourth-order valence-corrected chi connectivity index (χ4v) is 2.52. The third-order valence-corrected chi connectivity index (χ3v) is 3.81. The molecule has 0 saturated carbocycles. The summed E-state index contributed by atoms with van der Waals surface area (Å²) >= 11 is 0. The smallest absolute Gasteiger partial charge is 0.273 e. The van der Waals surface area contributed by atoms with Gasteiger partial charge < -0.3 is 19.9 Å². The van der Waals surface area contributed by atoms with Crippen LogP contribution in [0.2, 0.25) is 0 Å². The first-order chi connectivity index (χ1) is 12.0. The second-order valence-corrected chi connectivity index (χ2v) is 5.50. The summed E-state index contributed by atoms with van der Waals surface area (Å²) in [5.41, 5.74) is 0.798. The number of amides is 1. The number of hydrogen-bond acceptors (Lipinski definition) is 6. The molecule has 130 valence electrons. The molecule has 2 aromatic rings. The van der Waals surface area contributed by atoms with E-state index in [4.69, 9.17) is 9.47 Å². The highest BCUT2D eigenvalue weighted by atomic mass is 16.7. The predicted octanol–water partition coefficient (Wildman–Crippen LogP) is 1.72. The largest absolute Gasteiger partial charge is 0.454 e. The van der Waals surface area contributed by atoms with Gasteiger partial charge in [0.25, 0.3) is 5.69 Å². The molecule has 1 unspecified atom stereocenters. The van der Waals surface area contributed by atoms with Crippen molar-refractivity contribution in [2.75, 3.05) is 13.3 Å². The summed E-state index contributed by atoms with van der Waals surface area (Å²) < 4.78 is 10.4. The normalized spacial score (nSPS) is 13.3. The lowest BCUT2D eigenvalue weighted by molar-refractivity contribution is -0.385. The maximum atomic E-state index is 12.0. The number of aliphatic hydroxyl groups is 1. The van der Waals surface area contributed by atoms with Gasteiger partial charge in [-0.25, -0.2) is 0 Å². The van der Waals surface area contributed by atoms with E-state index in [1.54, 1.807) is 30.3 Å². The molecule has 3 rings (SSSR count). The number of nitrogens with one attached hydrogen (secondary N) is 1. The third-order valence-electron chi connectivity index (χ3n) is 3.81. The molecular formula is C17H16N2O6. The summed E-state index contributed by atoms with van der Waals surface area (Å²) in [5.74, 6) is 0.744. The summed E-state index contributed by atoms with van der Waals surface area (Å²) in [7, 11) is 0. The van der Waals surface area contributed by atoms with Crippen LogP contribution in [-0.2, 0) is 11.2 Å². The highest BCUT2D eigenvalue weighted by Crippen LogP contribution is 2.34. The number of rotatable bonds is 6. The summed E-state index contributed by atoms with van der Waals surface area (Å²) in [6.07, 6.45) is -1.06. The fourth-order valence-electron chi connectivity index (χ4n) is 2.52. The number of carbonyl (C=O) groups excluding carboxylic acids is 1. The van der Waals surface area contributed by atoms with Gasteiger partial charge in [0.15, 0.2) is 11.5 Å². The standard InChI is InChI=1S/C17H16N2O6/c20-14(12-5-6-15-16(7-12)25-10-24-15)9-18-17(21)8-11-3-1-2-4-13(11)19(22)23/h1-7,14,20H,8-10H2,(H,18,21). The molecule has 1 heterocycles. The van der Waals surface area contributed by atoms with E-state index in [1.807, 2.05) is 0 Å². The van der Waals surface area contributed by atoms with Crippen LogP contribution in [0, 0.1) is 10.1 Å². The molecule has 25 heavy (non-hydrogen) atoms. The first kappa shape index (κ1) is 16.7. The van der Waals surface area contributed by atoms with Crippen LogP contribution in [0.15, 0.2) is 42.5 Å². The lowest BCUT2D eigenvalue weighted by atomic mass is 10.1. The molecule has 8 nitrogen and oxygen atoms in total. The molecule has 0 aromatic heterocycles. The summed E-state index contributed by atoms with van der Waals surface area (Å²) in [6.45, 7) is 0.126. The fraction of sp³-hybridized carbons (Fsp3) is 0.235. The summed E-state index contributed by atoms with van der Waals surface area (Å²) in [5, 5.41) is 23.7. The van der Waals surface area contributed by atoms with Crippen molar-refractivity contribution >= 4 is 11.6 Å². The zero-order valence-electron chi connectivity index (χ0n) is 13.2. The molecule has 1 aliphatic heterocycles. The van der Waals surface area contributed by atoms with Crippen LogP contribution in [0.25, 0.3) is 0 Å². The zero-order chi connectivity index (χ0) is 17.8. The Labute approximate surface area is 143 Å². The Bertz CT molecular complexity index is 807. The number of aliphatic hydroxyl groups excluding tert-OH is 1. The summed E-state index contributed by atoms with van der Waals surface area (Å²) in [6, 6.07) is 11.1. The predicted molar refractivity (Wildman–Crippen MR) is 87.3 cm³/mol. The SMILES string of the molecule is O=C(Cc1ccccc1[N+](=O)[O-])NCC(O)c1ccc2c(c1)OCO2. The van der Waals surface area contributed by atoms with Gasteiger partial charge in [-0.05, 0) is 17.7 Å². The molecule has 1 aliphatic rings. The van der Waals surface area contributed by atoms with Crippen molar-refractivity contribution in [3.05, 3.63) is 63.7 Å². The van der Waals surface area contributed by atoms with E-state index in [0.717, 1.165) is 0 Å². The van der Waals surface area contributed by atoms with E-state index in [-0.39, 0.29) is 25.4 Å². The highest BCUT2D eigenvalue weighted by Gasteiger charge is 2.18. The van der Waals surface area contributed by atoms with Gasteiger partial charge >= 0.3 is 0 Å². The van der Waals surface area contributed by atoms with E-state index in [0.29, 0.717) is 22.6 Å². The molecule has 0 aliphatic carbocycles. The van der Waals surface area contributed by atoms with Gasteiger partial charge in [0.05, 0.1) is 17.4 Å². The quantitative estimate of drug-likeness (QED) is 0.610. The van der Waals surface area contributed by atoms with Crippen LogP contribution in [0.5, 0.6) is 11.5 Å². The topological polar surface area (TPSA) is 111 Å². The van der Waals surface area contributed by atoms with Gasteiger partial charge in [0, 0.05) is 18.2 Å². The van der Waals surface area contributed by atoms with Crippen LogP contribution >= 0.6 is 0 Å². The molecule has 2 N–H and O–H groups in total. The van der Waals surface area contributed by atoms with E-state index in [9.17, 15) is 20.0 Å². The molecular weight excluding hydrogens is 328 g/mol. The number of nitro groups is 1. The Hall–Kier alpha value is -3.13. The molecule has 0 fully saturated rings. The van der Waals surface area contributed by atoms with Gasteiger partial charge in [0.2, 0.25) is 12.7 Å². The van der Waals surface area contributed by atoms with Crippen LogP contribution in [0.3, 0.4) is 0 Å². The number of carbonyl (C=O) groups is 1. The number of para-hydroxylation sites is 1. The number of benzene rings is 2. The highest BCUT2D eigenvalue weighted by molar-refractivity contribution is 5.79. The van der Waals surface area contributed by atoms with Gasteiger partial charge in [0.1, 0.15) is 0 Å². The van der Waals surface area contributed by atoms with Crippen LogP contribution in [0.4, 0.5) is 5.69 Å². The van der Waals surface area contributed by atoms with Crippen LogP contribution < -0.4 is 14.8 Å². The second-order valence-electron chi connectivity index (χ2n) is 5.50. The number of hydrogen-bond donors (Lipinski definition) is 2. The lowest BCUT2D eigenvalue weighted by Gasteiger charge is -2.13. The van der Waals surface area contributed by atoms with Crippen molar-refractivity contribution < 1.29 is 24.3 Å². The Morgan fingerprint density at radius 1 is 1.24 bits per heavy atom. The van der Waals surface area contributed by atoms with Crippen LogP contribution in [0.1, 0.15) is 17.2 Å². The number of fused-ring (bicyclic) bond motifs is 1. The van der Waals surface area contributed by atoms with Gasteiger partial charge in [-0.3, -0.25) is 14.9 Å². The minimum Gasteiger partial charge on any atom is -0.454 e. The van der Waals surface area contributed by atoms with Crippen molar-refractivity contribution in [2.45, 2.75) is 12.5 Å². The molecule has 0 radical (unpaired) electrons. The molecule has 0 bridgehead atoms. The monoisotopic (exact) mass is 344 g/mol. The van der Waals surface area contributed by atoms with Crippen molar-refractivity contribution in [3.8, 4) is 11.5 Å². The lowest BCUT2D eigenvalue weighted by Crippen LogP contribution is -2.29. The molecule has 0 spiro atoms. The van der Waals surface area contributed by atoms with E-state index < -0.39 is 16.9 Å². The van der Waals surface area contributed by atoms with E-state index >= 15 is 0 Å². The third kappa shape index (κ3) is 3.86. The Morgan fingerprint density at radius 3 is 2.80 bits per heavy atom. The first-order valence-electron chi connectivity index (χ1n) is 7.61. The molecule has 1 amide bonds. The molecule has 8 heteroatoms. The summed E-state index contributed by atoms with van der Waals surface area (Å²) in [4.78, 5) is 22.5. The minimum absolute atomic E-state index is 0.0148. The first-order valence-corrected chi connectivity index (χ1v) is 7.61. The Morgan fingerprint density at radius 2 is 2.00 bits per heavy atom. The molecule has 1 atom stereocenters. The second kappa shape index (κ2) is 7.18. The molecule has 0 saturated heterocycles.